The average Bonchev–Trinajstić information content (AvgIpc) is 2.50. The monoisotopic (exact) mass is 287 g/mol. The molecule has 1 aliphatic heterocycles. The van der Waals surface area contributed by atoms with Crippen LogP contribution in [0.4, 0.5) is 15.9 Å². The van der Waals surface area contributed by atoms with E-state index in [1.54, 1.807) is 6.92 Å². The van der Waals surface area contributed by atoms with E-state index in [0.29, 0.717) is 5.82 Å². The van der Waals surface area contributed by atoms with E-state index in [4.69, 9.17) is 5.84 Å². The number of nitrogens with zero attached hydrogens (tertiary/aromatic N) is 3. The maximum Gasteiger partial charge on any atom is 0.187 e. The van der Waals surface area contributed by atoms with E-state index in [0.717, 1.165) is 24.9 Å². The summed E-state index contributed by atoms with van der Waals surface area (Å²) >= 11 is 0. The second-order valence-corrected chi connectivity index (χ2v) is 5.31. The van der Waals surface area contributed by atoms with Crippen molar-refractivity contribution in [1.82, 2.24) is 9.97 Å². The molecule has 0 atom stereocenters. The molecule has 2 aromatic rings. The lowest BCUT2D eigenvalue weighted by Gasteiger charge is -2.27. The van der Waals surface area contributed by atoms with Crippen molar-refractivity contribution < 1.29 is 4.39 Å². The molecule has 2 heterocycles. The standard InChI is InChI=1S/C15H18FN5/c1-9-13(16)15(20-17)19-14(18-9)11-5-6-12-10(8-11)4-3-7-21(12)2/h5-6,8H,3-4,7,17H2,1-2H3,(H,18,19,20). The highest BCUT2D eigenvalue weighted by atomic mass is 19.1. The van der Waals surface area contributed by atoms with Gasteiger partial charge in [0, 0.05) is 24.8 Å². The summed E-state index contributed by atoms with van der Waals surface area (Å²) < 4.78 is 13.7. The smallest absolute Gasteiger partial charge is 0.187 e. The molecule has 0 aliphatic carbocycles. The van der Waals surface area contributed by atoms with Crippen molar-refractivity contribution in [1.29, 1.82) is 0 Å². The molecule has 110 valence electrons. The Morgan fingerprint density at radius 1 is 1.33 bits per heavy atom. The zero-order valence-electron chi connectivity index (χ0n) is 12.2. The summed E-state index contributed by atoms with van der Waals surface area (Å²) in [6.45, 7) is 2.67. The number of hydrazine groups is 1. The lowest BCUT2D eigenvalue weighted by atomic mass is 9.99. The summed E-state index contributed by atoms with van der Waals surface area (Å²) in [5.74, 6) is 5.30. The number of nitrogens with one attached hydrogen (secondary N) is 1. The van der Waals surface area contributed by atoms with Crippen molar-refractivity contribution >= 4 is 11.5 Å². The lowest BCUT2D eigenvalue weighted by Crippen LogP contribution is -2.24. The van der Waals surface area contributed by atoms with Gasteiger partial charge in [-0.25, -0.2) is 20.2 Å². The van der Waals surface area contributed by atoms with Crippen molar-refractivity contribution in [3.8, 4) is 11.4 Å². The molecule has 0 radical (unpaired) electrons. The molecule has 0 bridgehead atoms. The minimum atomic E-state index is -0.515. The van der Waals surface area contributed by atoms with E-state index < -0.39 is 5.82 Å². The van der Waals surface area contributed by atoms with Crippen LogP contribution in [0.2, 0.25) is 0 Å². The Hall–Kier alpha value is -2.21. The molecular formula is C15H18FN5. The summed E-state index contributed by atoms with van der Waals surface area (Å²) in [5.41, 5.74) is 5.95. The fourth-order valence-corrected chi connectivity index (χ4v) is 2.71. The molecule has 0 fully saturated rings. The van der Waals surface area contributed by atoms with Gasteiger partial charge in [-0.2, -0.15) is 0 Å². The molecule has 1 aromatic carbocycles. The van der Waals surface area contributed by atoms with Crippen molar-refractivity contribution in [2.24, 2.45) is 5.84 Å². The molecule has 3 rings (SSSR count). The van der Waals surface area contributed by atoms with Crippen LogP contribution in [-0.4, -0.2) is 23.6 Å². The number of nitrogens with two attached hydrogens (primary N) is 1. The minimum absolute atomic E-state index is 0.0207. The fraction of sp³-hybridized carbons (Fsp3) is 0.333. The van der Waals surface area contributed by atoms with Crippen LogP contribution >= 0.6 is 0 Å². The first-order chi connectivity index (χ1) is 10.1. The lowest BCUT2D eigenvalue weighted by molar-refractivity contribution is 0.606. The Bertz CT molecular complexity index is 686. The van der Waals surface area contributed by atoms with Crippen LogP contribution in [0.25, 0.3) is 11.4 Å². The Morgan fingerprint density at radius 3 is 2.90 bits per heavy atom. The molecular weight excluding hydrogens is 269 g/mol. The summed E-state index contributed by atoms with van der Waals surface area (Å²) in [6, 6.07) is 6.12. The van der Waals surface area contributed by atoms with Crippen molar-refractivity contribution in [3.05, 3.63) is 35.3 Å². The van der Waals surface area contributed by atoms with Gasteiger partial charge in [0.2, 0.25) is 0 Å². The van der Waals surface area contributed by atoms with E-state index in [2.05, 4.69) is 39.5 Å². The fourth-order valence-electron chi connectivity index (χ4n) is 2.71. The van der Waals surface area contributed by atoms with Gasteiger partial charge in [0.05, 0.1) is 5.69 Å². The van der Waals surface area contributed by atoms with Gasteiger partial charge in [-0.1, -0.05) is 0 Å². The first kappa shape index (κ1) is 13.8. The molecule has 1 aliphatic rings. The van der Waals surface area contributed by atoms with Crippen LogP contribution in [0.1, 0.15) is 17.7 Å². The summed E-state index contributed by atoms with van der Waals surface area (Å²) in [7, 11) is 2.09. The Balaban J connectivity index is 2.07. The second-order valence-electron chi connectivity index (χ2n) is 5.31. The Labute approximate surface area is 123 Å². The second kappa shape index (κ2) is 5.29. The number of aryl methyl sites for hydroxylation is 2. The molecule has 0 saturated carbocycles. The van der Waals surface area contributed by atoms with Gasteiger partial charge in [0.25, 0.3) is 0 Å². The third-order valence-electron chi connectivity index (χ3n) is 3.84. The van der Waals surface area contributed by atoms with Crippen molar-refractivity contribution in [2.45, 2.75) is 19.8 Å². The van der Waals surface area contributed by atoms with E-state index >= 15 is 0 Å². The number of nitrogen functional groups attached to an aromatic ring is 1. The number of rotatable bonds is 2. The predicted octanol–water partition coefficient (Wildman–Crippen LogP) is 2.26. The Morgan fingerprint density at radius 2 is 2.14 bits per heavy atom. The molecule has 3 N–H and O–H groups in total. The zero-order valence-corrected chi connectivity index (χ0v) is 12.2. The quantitative estimate of drug-likeness (QED) is 0.655. The van der Waals surface area contributed by atoms with E-state index in [1.165, 1.54) is 11.3 Å². The van der Waals surface area contributed by atoms with Crippen LogP contribution < -0.4 is 16.2 Å². The van der Waals surface area contributed by atoms with Gasteiger partial charge < -0.3 is 10.3 Å². The highest BCUT2D eigenvalue weighted by Gasteiger charge is 2.16. The SMILES string of the molecule is Cc1nc(-c2ccc3c(c2)CCCN3C)nc(NN)c1F. The first-order valence-electron chi connectivity index (χ1n) is 6.95. The highest BCUT2D eigenvalue weighted by molar-refractivity contribution is 5.66. The maximum absolute atomic E-state index is 13.7. The third kappa shape index (κ3) is 2.42. The van der Waals surface area contributed by atoms with Crippen LogP contribution in [-0.2, 0) is 6.42 Å². The van der Waals surface area contributed by atoms with Crippen LogP contribution in [0.15, 0.2) is 18.2 Å². The number of hydrogen-bond acceptors (Lipinski definition) is 5. The number of anilines is 2. The molecule has 0 saturated heterocycles. The zero-order chi connectivity index (χ0) is 15.0. The molecule has 1 aromatic heterocycles. The van der Waals surface area contributed by atoms with Crippen molar-refractivity contribution in [2.75, 3.05) is 23.9 Å². The van der Waals surface area contributed by atoms with E-state index in [9.17, 15) is 4.39 Å². The van der Waals surface area contributed by atoms with Crippen LogP contribution in [0, 0.1) is 12.7 Å². The van der Waals surface area contributed by atoms with Gasteiger partial charge in [-0.3, -0.25) is 0 Å². The van der Waals surface area contributed by atoms with Gasteiger partial charge in [0.15, 0.2) is 17.5 Å². The predicted molar refractivity (Wildman–Crippen MR) is 81.6 cm³/mol. The maximum atomic E-state index is 13.7. The third-order valence-corrected chi connectivity index (χ3v) is 3.84. The first-order valence-corrected chi connectivity index (χ1v) is 6.95. The Kier molecular flexibility index (Phi) is 3.47. The molecule has 0 amide bonds. The highest BCUT2D eigenvalue weighted by Crippen LogP contribution is 2.30. The normalized spacial score (nSPS) is 14.0. The number of fused-ring (bicyclic) bond motifs is 1. The summed E-state index contributed by atoms with van der Waals surface area (Å²) in [5, 5.41) is 0. The molecule has 6 heteroatoms. The number of hydrogen-bond donors (Lipinski definition) is 2. The van der Waals surface area contributed by atoms with Gasteiger partial charge >= 0.3 is 0 Å². The van der Waals surface area contributed by atoms with Gasteiger partial charge in [-0.05, 0) is 43.5 Å². The van der Waals surface area contributed by atoms with E-state index in [1.807, 2.05) is 6.07 Å². The minimum Gasteiger partial charge on any atom is -0.374 e. The van der Waals surface area contributed by atoms with Crippen LogP contribution in [0.3, 0.4) is 0 Å². The average molecular weight is 287 g/mol. The topological polar surface area (TPSA) is 67.1 Å². The molecule has 5 nitrogen and oxygen atoms in total. The summed E-state index contributed by atoms with van der Waals surface area (Å²) in [4.78, 5) is 10.6. The molecule has 0 spiro atoms. The summed E-state index contributed by atoms with van der Waals surface area (Å²) in [6.07, 6.45) is 2.17. The van der Waals surface area contributed by atoms with Crippen molar-refractivity contribution in [3.63, 3.8) is 0 Å². The molecule has 21 heavy (non-hydrogen) atoms. The number of aromatic nitrogens is 2. The number of halogens is 1. The van der Waals surface area contributed by atoms with Crippen LogP contribution in [0.5, 0.6) is 0 Å². The number of benzene rings is 1. The van der Waals surface area contributed by atoms with E-state index in [-0.39, 0.29) is 11.5 Å². The molecule has 0 unspecified atom stereocenters. The van der Waals surface area contributed by atoms with Gasteiger partial charge in [-0.15, -0.1) is 0 Å². The largest absolute Gasteiger partial charge is 0.374 e. The van der Waals surface area contributed by atoms with Gasteiger partial charge in [0.1, 0.15) is 0 Å².